The molecule has 0 heterocycles. The Kier molecular flexibility index (Phi) is 3.46. The maximum Gasteiger partial charge on any atom is 0.314 e. The number of hydrogen-bond donors (Lipinski definition) is 1. The van der Waals surface area contributed by atoms with Gasteiger partial charge in [-0.1, -0.05) is 50.3 Å². The van der Waals surface area contributed by atoms with Crippen molar-refractivity contribution in [1.29, 1.82) is 0 Å². The molecule has 1 N–H and O–H groups in total. The van der Waals surface area contributed by atoms with Crippen LogP contribution in [0.15, 0.2) is 30.3 Å². The second-order valence-electron chi connectivity index (χ2n) is 2.80. The zero-order valence-corrected chi connectivity index (χ0v) is 8.40. The second kappa shape index (κ2) is 4.61. The molecule has 1 aromatic rings. The molecule has 1 unspecified atom stereocenters. The van der Waals surface area contributed by atoms with Gasteiger partial charge in [-0.3, -0.25) is 4.79 Å². The summed E-state index contributed by atoms with van der Waals surface area (Å²) in [6.07, 6.45) is 3.57. The zero-order chi connectivity index (χ0) is 10.6. The van der Waals surface area contributed by atoms with E-state index >= 15 is 0 Å². The van der Waals surface area contributed by atoms with E-state index in [-0.39, 0.29) is 0 Å². The van der Waals surface area contributed by atoms with Gasteiger partial charge in [0.2, 0.25) is 0 Å². The molecule has 0 aliphatic heterocycles. The molecule has 1 atom stereocenters. The molecule has 0 fully saturated rings. The quantitative estimate of drug-likeness (QED) is 0.739. The van der Waals surface area contributed by atoms with E-state index in [9.17, 15) is 4.79 Å². The number of carbonyl (C=O) groups is 1. The maximum absolute atomic E-state index is 10.7. The third-order valence-electron chi connectivity index (χ3n) is 2.07. The smallest absolute Gasteiger partial charge is 0.314 e. The molecule has 0 spiro atoms. The lowest BCUT2D eigenvalue weighted by molar-refractivity contribution is -0.137. The molecule has 2 rings (SSSR count). The molecule has 0 aromatic heterocycles. The highest BCUT2D eigenvalue weighted by Gasteiger charge is 2.22. The number of hydrogen-bond acceptors (Lipinski definition) is 1. The van der Waals surface area contributed by atoms with Gasteiger partial charge in [0.25, 0.3) is 0 Å². The standard InChI is InChI=1S/C10H8O2.C2H6/c11-10(12)9-6-5-7-3-1-2-4-8(7)9;1-2/h1-6,9H,(H,11,12);1-2H3. The monoisotopic (exact) mass is 190 g/mol. The van der Waals surface area contributed by atoms with E-state index in [1.54, 1.807) is 6.08 Å². The lowest BCUT2D eigenvalue weighted by atomic mass is 10.0. The summed E-state index contributed by atoms with van der Waals surface area (Å²) in [5.41, 5.74) is 1.91. The Balaban J connectivity index is 0.000000461. The van der Waals surface area contributed by atoms with Crippen LogP contribution >= 0.6 is 0 Å². The van der Waals surface area contributed by atoms with Gasteiger partial charge in [0.1, 0.15) is 5.92 Å². The Labute approximate surface area is 83.9 Å². The van der Waals surface area contributed by atoms with E-state index in [4.69, 9.17) is 5.11 Å². The Bertz CT molecular complexity index is 353. The molecule has 1 aromatic carbocycles. The summed E-state index contributed by atoms with van der Waals surface area (Å²) in [6, 6.07) is 7.55. The molecule has 74 valence electrons. The molecular weight excluding hydrogens is 176 g/mol. The van der Waals surface area contributed by atoms with Crippen molar-refractivity contribution < 1.29 is 9.90 Å². The van der Waals surface area contributed by atoms with Gasteiger partial charge in [-0.2, -0.15) is 0 Å². The van der Waals surface area contributed by atoms with Gasteiger partial charge in [-0.05, 0) is 11.1 Å². The third kappa shape index (κ3) is 1.84. The normalized spacial score (nSPS) is 16.9. The van der Waals surface area contributed by atoms with Crippen molar-refractivity contribution in [3.05, 3.63) is 41.5 Å². The van der Waals surface area contributed by atoms with Gasteiger partial charge in [0.05, 0.1) is 0 Å². The molecule has 0 bridgehead atoms. The van der Waals surface area contributed by atoms with E-state index in [2.05, 4.69) is 0 Å². The van der Waals surface area contributed by atoms with Crippen LogP contribution in [0.1, 0.15) is 30.9 Å². The van der Waals surface area contributed by atoms with Crippen molar-refractivity contribution in [3.63, 3.8) is 0 Å². The van der Waals surface area contributed by atoms with E-state index in [0.717, 1.165) is 11.1 Å². The van der Waals surface area contributed by atoms with Crippen molar-refractivity contribution in [2.24, 2.45) is 0 Å². The number of carboxylic acid groups (broad SMARTS) is 1. The summed E-state index contributed by atoms with van der Waals surface area (Å²) in [5.74, 6) is -1.22. The summed E-state index contributed by atoms with van der Waals surface area (Å²) >= 11 is 0. The minimum atomic E-state index is -0.781. The van der Waals surface area contributed by atoms with Crippen LogP contribution in [-0.2, 0) is 4.79 Å². The van der Waals surface area contributed by atoms with E-state index < -0.39 is 11.9 Å². The number of rotatable bonds is 1. The highest BCUT2D eigenvalue weighted by atomic mass is 16.4. The molecule has 2 heteroatoms. The van der Waals surface area contributed by atoms with Gasteiger partial charge >= 0.3 is 5.97 Å². The number of carboxylic acids is 1. The van der Waals surface area contributed by atoms with Crippen molar-refractivity contribution in [2.45, 2.75) is 19.8 Å². The first kappa shape index (κ1) is 10.5. The molecule has 0 saturated carbocycles. The van der Waals surface area contributed by atoms with Crippen LogP contribution in [0.4, 0.5) is 0 Å². The SMILES string of the molecule is CC.O=C(O)C1C=Cc2ccccc21. The molecule has 1 aliphatic rings. The van der Waals surface area contributed by atoms with Crippen molar-refractivity contribution in [2.75, 3.05) is 0 Å². The van der Waals surface area contributed by atoms with Crippen molar-refractivity contribution >= 4 is 12.0 Å². The minimum absolute atomic E-state index is 0.443. The zero-order valence-electron chi connectivity index (χ0n) is 8.40. The molecule has 0 amide bonds. The van der Waals surface area contributed by atoms with Crippen LogP contribution < -0.4 is 0 Å². The first-order chi connectivity index (χ1) is 6.79. The lowest BCUT2D eigenvalue weighted by Gasteiger charge is -2.03. The third-order valence-corrected chi connectivity index (χ3v) is 2.07. The van der Waals surface area contributed by atoms with Crippen LogP contribution in [0.25, 0.3) is 6.08 Å². The number of fused-ring (bicyclic) bond motifs is 1. The average molecular weight is 190 g/mol. The molecular formula is C12H14O2. The summed E-state index contributed by atoms with van der Waals surface area (Å²) in [7, 11) is 0. The van der Waals surface area contributed by atoms with Gasteiger partial charge in [-0.15, -0.1) is 0 Å². The largest absolute Gasteiger partial charge is 0.481 e. The van der Waals surface area contributed by atoms with Crippen LogP contribution in [0.2, 0.25) is 0 Å². The van der Waals surface area contributed by atoms with Crippen molar-refractivity contribution in [3.8, 4) is 0 Å². The van der Waals surface area contributed by atoms with Crippen molar-refractivity contribution in [1.82, 2.24) is 0 Å². The fourth-order valence-corrected chi connectivity index (χ4v) is 1.46. The summed E-state index contributed by atoms with van der Waals surface area (Å²) in [4.78, 5) is 10.7. The molecule has 1 aliphatic carbocycles. The average Bonchev–Trinajstić information content (AvgIpc) is 2.64. The summed E-state index contributed by atoms with van der Waals surface area (Å²) in [5, 5.41) is 8.81. The van der Waals surface area contributed by atoms with Crippen LogP contribution in [-0.4, -0.2) is 11.1 Å². The molecule has 14 heavy (non-hydrogen) atoms. The molecule has 0 saturated heterocycles. The van der Waals surface area contributed by atoms with Gasteiger partial charge < -0.3 is 5.11 Å². The Morgan fingerprint density at radius 1 is 1.29 bits per heavy atom. The minimum Gasteiger partial charge on any atom is -0.481 e. The van der Waals surface area contributed by atoms with Crippen LogP contribution in [0.5, 0.6) is 0 Å². The first-order valence-corrected chi connectivity index (χ1v) is 4.79. The molecule has 2 nitrogen and oxygen atoms in total. The highest BCUT2D eigenvalue weighted by Crippen LogP contribution is 2.29. The molecule has 0 radical (unpaired) electrons. The van der Waals surface area contributed by atoms with Gasteiger partial charge in [-0.25, -0.2) is 0 Å². The fourth-order valence-electron chi connectivity index (χ4n) is 1.46. The Morgan fingerprint density at radius 3 is 2.57 bits per heavy atom. The Hall–Kier alpha value is -1.57. The number of benzene rings is 1. The summed E-state index contributed by atoms with van der Waals surface area (Å²) in [6.45, 7) is 4.00. The Morgan fingerprint density at radius 2 is 1.93 bits per heavy atom. The fraction of sp³-hybridized carbons (Fsp3) is 0.250. The first-order valence-electron chi connectivity index (χ1n) is 4.79. The predicted molar refractivity (Wildman–Crippen MR) is 57.2 cm³/mol. The second-order valence-corrected chi connectivity index (χ2v) is 2.80. The summed E-state index contributed by atoms with van der Waals surface area (Å²) < 4.78 is 0. The van der Waals surface area contributed by atoms with Gasteiger partial charge in [0, 0.05) is 0 Å². The van der Waals surface area contributed by atoms with E-state index in [0.29, 0.717) is 0 Å². The maximum atomic E-state index is 10.7. The number of aliphatic carboxylic acids is 1. The van der Waals surface area contributed by atoms with E-state index in [1.165, 1.54) is 0 Å². The topological polar surface area (TPSA) is 37.3 Å². The van der Waals surface area contributed by atoms with E-state index in [1.807, 2.05) is 44.2 Å². The lowest BCUT2D eigenvalue weighted by Crippen LogP contribution is -2.06. The van der Waals surface area contributed by atoms with Crippen LogP contribution in [0.3, 0.4) is 0 Å². The van der Waals surface area contributed by atoms with Gasteiger partial charge in [0.15, 0.2) is 0 Å². The van der Waals surface area contributed by atoms with Crippen LogP contribution in [0, 0.1) is 0 Å². The predicted octanol–water partition coefficient (Wildman–Crippen LogP) is 2.91. The highest BCUT2D eigenvalue weighted by molar-refractivity contribution is 5.84.